The van der Waals surface area contributed by atoms with E-state index in [4.69, 9.17) is 16.7 Å². The molecule has 2 aliphatic carbocycles. The van der Waals surface area contributed by atoms with Crippen molar-refractivity contribution in [2.24, 2.45) is 0 Å². The van der Waals surface area contributed by atoms with Crippen molar-refractivity contribution in [3.63, 3.8) is 0 Å². The van der Waals surface area contributed by atoms with Crippen LogP contribution in [0.25, 0.3) is 11.3 Å². The molecular weight excluding hydrogens is 488 g/mol. The van der Waals surface area contributed by atoms with Crippen LogP contribution in [0, 0.1) is 5.82 Å². The number of carboxylic acid groups (broad SMARTS) is 1. The molecule has 0 saturated heterocycles. The first kappa shape index (κ1) is 23.5. The molecule has 2 aromatic carbocycles. The van der Waals surface area contributed by atoms with E-state index >= 15 is 0 Å². The smallest absolute Gasteiger partial charge is 0.398 e. The molecule has 10 heteroatoms. The Balaban J connectivity index is 1.66. The second kappa shape index (κ2) is 8.19. The van der Waals surface area contributed by atoms with Crippen molar-refractivity contribution in [3.05, 3.63) is 75.2 Å². The number of aromatic nitrogens is 2. The molecule has 0 unspecified atom stereocenters. The van der Waals surface area contributed by atoms with Crippen LogP contribution in [-0.4, -0.2) is 32.9 Å². The average molecular weight is 507 g/mol. The molecular formula is C25H19ClF4N2O3. The van der Waals surface area contributed by atoms with Crippen molar-refractivity contribution in [3.8, 4) is 11.3 Å². The Bertz CT molecular complexity index is 1380. The Morgan fingerprint density at radius 3 is 2.43 bits per heavy atom. The predicted octanol–water partition coefficient (Wildman–Crippen LogP) is 6.20. The third-order valence-corrected chi connectivity index (χ3v) is 7.19. The molecule has 0 radical (unpaired) electrons. The lowest BCUT2D eigenvalue weighted by atomic mass is 9.90. The van der Waals surface area contributed by atoms with E-state index in [1.54, 1.807) is 0 Å². The molecule has 0 aliphatic heterocycles. The monoisotopic (exact) mass is 506 g/mol. The van der Waals surface area contributed by atoms with E-state index in [1.165, 1.54) is 30.3 Å². The van der Waals surface area contributed by atoms with E-state index < -0.39 is 29.3 Å². The summed E-state index contributed by atoms with van der Waals surface area (Å²) in [6.45, 7) is 0. The quantitative estimate of drug-likeness (QED) is 0.427. The van der Waals surface area contributed by atoms with Gasteiger partial charge in [0.1, 0.15) is 5.82 Å². The van der Waals surface area contributed by atoms with Crippen LogP contribution in [0.3, 0.4) is 0 Å². The van der Waals surface area contributed by atoms with Gasteiger partial charge in [-0.2, -0.15) is 23.0 Å². The van der Waals surface area contributed by atoms with Crippen LogP contribution in [0.1, 0.15) is 63.2 Å². The van der Waals surface area contributed by atoms with Gasteiger partial charge in [0.2, 0.25) is 0 Å². The fourth-order valence-electron chi connectivity index (χ4n) is 4.90. The lowest BCUT2D eigenvalue weighted by Gasteiger charge is -2.23. The van der Waals surface area contributed by atoms with Crippen molar-refractivity contribution in [1.82, 2.24) is 9.78 Å². The van der Waals surface area contributed by atoms with E-state index in [2.05, 4.69) is 5.10 Å². The van der Waals surface area contributed by atoms with Crippen LogP contribution >= 0.6 is 11.6 Å². The summed E-state index contributed by atoms with van der Waals surface area (Å²) in [6.07, 6.45) is -2.39. The predicted molar refractivity (Wildman–Crippen MR) is 119 cm³/mol. The highest BCUT2D eigenvalue weighted by Crippen LogP contribution is 2.60. The van der Waals surface area contributed by atoms with Gasteiger partial charge in [0.05, 0.1) is 33.0 Å². The molecule has 0 spiro atoms. The number of carboxylic acids is 1. The van der Waals surface area contributed by atoms with Gasteiger partial charge in [-0.25, -0.2) is 9.18 Å². The first-order valence-electron chi connectivity index (χ1n) is 11.1. The fourth-order valence-corrected chi connectivity index (χ4v) is 5.16. The molecule has 1 N–H and O–H groups in total. The maximum absolute atomic E-state index is 14.9. The lowest BCUT2D eigenvalue weighted by Crippen LogP contribution is -2.32. The van der Waals surface area contributed by atoms with Crippen molar-refractivity contribution >= 4 is 23.5 Å². The van der Waals surface area contributed by atoms with Crippen LogP contribution < -0.4 is 0 Å². The van der Waals surface area contributed by atoms with E-state index in [0.717, 1.165) is 23.6 Å². The van der Waals surface area contributed by atoms with Crippen LogP contribution in [-0.2, 0) is 18.3 Å². The number of alkyl halides is 3. The minimum absolute atomic E-state index is 0.0213. The molecule has 1 heterocycles. The van der Waals surface area contributed by atoms with Crippen molar-refractivity contribution in [1.29, 1.82) is 0 Å². The summed E-state index contributed by atoms with van der Waals surface area (Å²) in [6, 6.07) is 7.44. The Morgan fingerprint density at radius 2 is 1.80 bits per heavy atom. The number of hydrogen-bond acceptors (Lipinski definition) is 3. The SMILES string of the molecule is O=C(O)c1ccc(-c2nn(C(=O)c3c(Cl)cccc3C3(C(F)(F)F)CC3)c3c2CCCC3)c(F)c1. The Hall–Kier alpha value is -3.20. The zero-order chi connectivity index (χ0) is 25.1. The number of carbonyl (C=O) groups excluding carboxylic acids is 1. The van der Waals surface area contributed by atoms with Gasteiger partial charge in [-0.15, -0.1) is 0 Å². The summed E-state index contributed by atoms with van der Waals surface area (Å²) >= 11 is 6.29. The van der Waals surface area contributed by atoms with Gasteiger partial charge >= 0.3 is 12.1 Å². The summed E-state index contributed by atoms with van der Waals surface area (Å²) in [4.78, 5) is 24.9. The van der Waals surface area contributed by atoms with Gasteiger partial charge in [0.15, 0.2) is 0 Å². The number of nitrogens with zero attached hydrogens (tertiary/aromatic N) is 2. The Kier molecular flexibility index (Phi) is 5.51. The van der Waals surface area contributed by atoms with Crippen LogP contribution in [0.4, 0.5) is 17.6 Å². The fraction of sp³-hybridized carbons (Fsp3) is 0.320. The topological polar surface area (TPSA) is 72.2 Å². The average Bonchev–Trinajstić information content (AvgIpc) is 3.55. The van der Waals surface area contributed by atoms with Crippen LogP contribution in [0.5, 0.6) is 0 Å². The molecule has 0 amide bonds. The molecule has 5 rings (SSSR count). The largest absolute Gasteiger partial charge is 0.478 e. The summed E-state index contributed by atoms with van der Waals surface area (Å²) in [5.41, 5.74) is -1.48. The number of halogens is 5. The summed E-state index contributed by atoms with van der Waals surface area (Å²) in [5.74, 6) is -2.90. The van der Waals surface area contributed by atoms with E-state index in [9.17, 15) is 27.2 Å². The molecule has 2 aliphatic rings. The van der Waals surface area contributed by atoms with Crippen molar-refractivity contribution < 1.29 is 32.3 Å². The van der Waals surface area contributed by atoms with E-state index in [1.807, 2.05) is 0 Å². The molecule has 0 atom stereocenters. The van der Waals surface area contributed by atoms with Gasteiger partial charge in [0, 0.05) is 11.1 Å². The number of aromatic carboxylic acids is 1. The first-order chi connectivity index (χ1) is 16.5. The number of carbonyl (C=O) groups is 2. The molecule has 5 nitrogen and oxygen atoms in total. The standard InChI is InChI=1S/C25H19ClF4N2O3/c26-17-6-3-5-16(24(10-11-24)25(28,29)30)20(17)22(33)32-19-7-2-1-4-15(19)21(31-32)14-9-8-13(23(34)35)12-18(14)27/h3,5-6,8-9,12H,1-2,4,7,10-11H2,(H,34,35). The maximum atomic E-state index is 14.9. The second-order valence-corrected chi connectivity index (χ2v) is 9.35. The normalized spacial score (nSPS) is 16.6. The molecule has 35 heavy (non-hydrogen) atoms. The summed E-state index contributed by atoms with van der Waals surface area (Å²) in [7, 11) is 0. The first-order valence-corrected chi connectivity index (χ1v) is 11.5. The third-order valence-electron chi connectivity index (χ3n) is 6.88. The molecule has 1 saturated carbocycles. The van der Waals surface area contributed by atoms with Gasteiger partial charge in [-0.3, -0.25) is 4.79 Å². The van der Waals surface area contributed by atoms with Gasteiger partial charge in [-0.05, 0) is 68.4 Å². The maximum Gasteiger partial charge on any atom is 0.398 e. The van der Waals surface area contributed by atoms with Crippen molar-refractivity contribution in [2.45, 2.75) is 50.1 Å². The number of fused-ring (bicyclic) bond motifs is 1. The van der Waals surface area contributed by atoms with Gasteiger partial charge in [-0.1, -0.05) is 23.7 Å². The molecule has 1 fully saturated rings. The molecule has 182 valence electrons. The number of benzene rings is 2. The summed E-state index contributed by atoms with van der Waals surface area (Å²) < 4.78 is 57.7. The van der Waals surface area contributed by atoms with Crippen LogP contribution in [0.15, 0.2) is 36.4 Å². The van der Waals surface area contributed by atoms with Crippen LogP contribution in [0.2, 0.25) is 5.02 Å². The third kappa shape index (κ3) is 3.73. The van der Waals surface area contributed by atoms with E-state index in [-0.39, 0.29) is 45.8 Å². The summed E-state index contributed by atoms with van der Waals surface area (Å²) in [5, 5.41) is 13.4. The number of hydrogen-bond donors (Lipinski definition) is 1. The second-order valence-electron chi connectivity index (χ2n) is 8.94. The molecule has 1 aromatic heterocycles. The van der Waals surface area contributed by atoms with E-state index in [0.29, 0.717) is 24.1 Å². The van der Waals surface area contributed by atoms with Gasteiger partial charge in [0.25, 0.3) is 5.91 Å². The zero-order valence-electron chi connectivity index (χ0n) is 18.3. The van der Waals surface area contributed by atoms with Crippen molar-refractivity contribution in [2.75, 3.05) is 0 Å². The highest BCUT2D eigenvalue weighted by molar-refractivity contribution is 6.34. The lowest BCUT2D eigenvalue weighted by molar-refractivity contribution is -0.160. The van der Waals surface area contributed by atoms with Gasteiger partial charge < -0.3 is 5.11 Å². The molecule has 0 bridgehead atoms. The highest BCUT2D eigenvalue weighted by atomic mass is 35.5. The Morgan fingerprint density at radius 1 is 1.09 bits per heavy atom. The highest BCUT2D eigenvalue weighted by Gasteiger charge is 2.65. The minimum Gasteiger partial charge on any atom is -0.478 e. The zero-order valence-corrected chi connectivity index (χ0v) is 19.0. The molecule has 3 aromatic rings. The minimum atomic E-state index is -4.55. The number of rotatable bonds is 4. The Labute approximate surface area is 202 Å².